The maximum Gasteiger partial charge on any atom is 0.421 e. The first-order valence-corrected chi connectivity index (χ1v) is 7.66. The summed E-state index contributed by atoms with van der Waals surface area (Å²) in [5.41, 5.74) is 0.698. The molecule has 1 atom stereocenters. The molecule has 0 amide bonds. The molecule has 2 aromatic heterocycles. The van der Waals surface area contributed by atoms with E-state index in [0.29, 0.717) is 17.1 Å². The van der Waals surface area contributed by atoms with Gasteiger partial charge in [0.2, 0.25) is 0 Å². The summed E-state index contributed by atoms with van der Waals surface area (Å²) < 4.78 is 6.78. The number of fused-ring (bicyclic) bond motifs is 1. The van der Waals surface area contributed by atoms with Crippen molar-refractivity contribution in [2.45, 2.75) is 39.7 Å². The Bertz CT molecular complexity index is 702. The summed E-state index contributed by atoms with van der Waals surface area (Å²) in [6, 6.07) is 3.87. The molecule has 6 heteroatoms. The first-order chi connectivity index (χ1) is 10.3. The normalized spacial score (nSPS) is 18.9. The molecule has 1 saturated heterocycles. The van der Waals surface area contributed by atoms with Gasteiger partial charge in [-0.2, -0.15) is 0 Å². The van der Waals surface area contributed by atoms with E-state index in [1.54, 1.807) is 0 Å². The van der Waals surface area contributed by atoms with Gasteiger partial charge in [0.25, 0.3) is 0 Å². The lowest BCUT2D eigenvalue weighted by molar-refractivity contribution is 0.0543. The summed E-state index contributed by atoms with van der Waals surface area (Å²) in [7, 11) is 0. The fourth-order valence-electron chi connectivity index (χ4n) is 2.65. The molecule has 22 heavy (non-hydrogen) atoms. The fourth-order valence-corrected chi connectivity index (χ4v) is 2.65. The minimum atomic E-state index is -0.546. The van der Waals surface area contributed by atoms with Crippen LogP contribution in [0.5, 0.6) is 0 Å². The van der Waals surface area contributed by atoms with E-state index in [-0.39, 0.29) is 0 Å². The molecule has 118 valence electrons. The van der Waals surface area contributed by atoms with E-state index < -0.39 is 11.7 Å². The van der Waals surface area contributed by atoms with Gasteiger partial charge in [-0.1, -0.05) is 6.92 Å². The number of ether oxygens (including phenoxy) is 1. The summed E-state index contributed by atoms with van der Waals surface area (Å²) in [4.78, 5) is 23.4. The van der Waals surface area contributed by atoms with E-state index in [1.807, 2.05) is 32.9 Å². The van der Waals surface area contributed by atoms with Crippen molar-refractivity contribution in [1.82, 2.24) is 14.5 Å². The first-order valence-electron chi connectivity index (χ1n) is 7.66. The molecular formula is C16H22N4O2. The van der Waals surface area contributed by atoms with Gasteiger partial charge in [-0.3, -0.25) is 0 Å². The maximum atomic E-state index is 12.3. The van der Waals surface area contributed by atoms with Crippen LogP contribution in [0.4, 0.5) is 10.6 Å². The third-order valence-electron chi connectivity index (χ3n) is 3.72. The molecule has 3 heterocycles. The molecule has 0 saturated carbocycles. The average Bonchev–Trinajstić information content (AvgIpc) is 3.01. The Hall–Kier alpha value is -2.11. The summed E-state index contributed by atoms with van der Waals surface area (Å²) in [6.07, 6.45) is 2.20. The van der Waals surface area contributed by atoms with Crippen molar-refractivity contribution in [2.24, 2.45) is 5.92 Å². The third-order valence-corrected chi connectivity index (χ3v) is 3.72. The minimum absolute atomic E-state index is 0.450. The third kappa shape index (κ3) is 2.91. The molecule has 0 aromatic carbocycles. The molecular weight excluding hydrogens is 280 g/mol. The van der Waals surface area contributed by atoms with E-state index in [1.165, 1.54) is 17.3 Å². The summed E-state index contributed by atoms with van der Waals surface area (Å²) in [5, 5.41) is 0. The largest absolute Gasteiger partial charge is 0.443 e. The molecule has 0 N–H and O–H groups in total. The Kier molecular flexibility index (Phi) is 3.54. The van der Waals surface area contributed by atoms with Crippen LogP contribution < -0.4 is 4.90 Å². The molecule has 3 rings (SSSR count). The lowest BCUT2D eigenvalue weighted by atomic mass is 10.2. The molecule has 1 fully saturated rings. The number of hydrogen-bond donors (Lipinski definition) is 0. The lowest BCUT2D eigenvalue weighted by Gasteiger charge is -2.20. The molecule has 1 unspecified atom stereocenters. The van der Waals surface area contributed by atoms with Crippen molar-refractivity contribution >= 4 is 23.1 Å². The van der Waals surface area contributed by atoms with Crippen molar-refractivity contribution < 1.29 is 9.53 Å². The monoisotopic (exact) mass is 302 g/mol. The number of rotatable bonds is 1. The zero-order valence-electron chi connectivity index (χ0n) is 13.5. The van der Waals surface area contributed by atoms with Crippen molar-refractivity contribution in [3.8, 4) is 0 Å². The van der Waals surface area contributed by atoms with Crippen LogP contribution in [-0.4, -0.2) is 39.3 Å². The van der Waals surface area contributed by atoms with E-state index in [9.17, 15) is 4.79 Å². The second-order valence-electron chi connectivity index (χ2n) is 6.95. The van der Waals surface area contributed by atoms with Gasteiger partial charge in [0.1, 0.15) is 23.3 Å². The number of anilines is 1. The van der Waals surface area contributed by atoms with Gasteiger partial charge in [0.05, 0.1) is 0 Å². The quantitative estimate of drug-likeness (QED) is 0.810. The van der Waals surface area contributed by atoms with Gasteiger partial charge in [-0.15, -0.1) is 0 Å². The Balaban J connectivity index is 1.93. The zero-order valence-corrected chi connectivity index (χ0v) is 13.5. The van der Waals surface area contributed by atoms with Crippen LogP contribution in [0.25, 0.3) is 11.2 Å². The lowest BCUT2D eigenvalue weighted by Crippen LogP contribution is -2.27. The predicted molar refractivity (Wildman–Crippen MR) is 85.2 cm³/mol. The Morgan fingerprint density at radius 2 is 2.14 bits per heavy atom. The smallest absolute Gasteiger partial charge is 0.421 e. The van der Waals surface area contributed by atoms with Gasteiger partial charge in [-0.05, 0) is 45.2 Å². The van der Waals surface area contributed by atoms with Crippen molar-refractivity contribution in [1.29, 1.82) is 0 Å². The number of aromatic nitrogens is 3. The highest BCUT2D eigenvalue weighted by molar-refractivity contribution is 5.85. The number of carbonyl (C=O) groups is 1. The van der Waals surface area contributed by atoms with Gasteiger partial charge < -0.3 is 9.64 Å². The molecule has 2 aromatic rings. The number of carbonyl (C=O) groups excluding carboxylic acids is 1. The van der Waals surface area contributed by atoms with E-state index >= 15 is 0 Å². The molecule has 1 aliphatic heterocycles. The van der Waals surface area contributed by atoms with Crippen LogP contribution >= 0.6 is 0 Å². The molecule has 1 aliphatic rings. The number of pyridine rings is 1. The highest BCUT2D eigenvalue weighted by atomic mass is 16.6. The highest BCUT2D eigenvalue weighted by Gasteiger charge is 2.23. The molecule has 0 aliphatic carbocycles. The van der Waals surface area contributed by atoms with Crippen LogP contribution in [0.1, 0.15) is 34.1 Å². The van der Waals surface area contributed by atoms with Gasteiger partial charge in [0, 0.05) is 13.1 Å². The topological polar surface area (TPSA) is 60.2 Å². The predicted octanol–water partition coefficient (Wildman–Crippen LogP) is 3.06. The van der Waals surface area contributed by atoms with Crippen LogP contribution in [0.3, 0.4) is 0 Å². The van der Waals surface area contributed by atoms with E-state index in [2.05, 4.69) is 21.8 Å². The van der Waals surface area contributed by atoms with E-state index in [0.717, 1.165) is 18.9 Å². The average molecular weight is 302 g/mol. The van der Waals surface area contributed by atoms with E-state index in [4.69, 9.17) is 4.74 Å². The van der Waals surface area contributed by atoms with Crippen molar-refractivity contribution in [3.63, 3.8) is 0 Å². The van der Waals surface area contributed by atoms with Gasteiger partial charge >= 0.3 is 6.09 Å². The number of imidazole rings is 1. The molecule has 0 bridgehead atoms. The molecule has 0 radical (unpaired) electrons. The van der Waals surface area contributed by atoms with Gasteiger partial charge in [-0.25, -0.2) is 19.3 Å². The Labute approximate surface area is 130 Å². The summed E-state index contributed by atoms with van der Waals surface area (Å²) >= 11 is 0. The number of nitrogens with zero attached hydrogens (tertiary/aromatic N) is 4. The van der Waals surface area contributed by atoms with Gasteiger partial charge in [0.15, 0.2) is 5.65 Å². The van der Waals surface area contributed by atoms with Crippen LogP contribution in [0, 0.1) is 5.92 Å². The second-order valence-corrected chi connectivity index (χ2v) is 6.95. The molecule has 0 spiro atoms. The van der Waals surface area contributed by atoms with Crippen LogP contribution in [0.15, 0.2) is 18.5 Å². The van der Waals surface area contributed by atoms with Crippen LogP contribution in [-0.2, 0) is 4.74 Å². The molecule has 6 nitrogen and oxygen atoms in total. The highest BCUT2D eigenvalue weighted by Crippen LogP contribution is 2.24. The Morgan fingerprint density at radius 1 is 1.36 bits per heavy atom. The number of hydrogen-bond acceptors (Lipinski definition) is 5. The first kappa shape index (κ1) is 14.8. The summed E-state index contributed by atoms with van der Waals surface area (Å²) in [5.74, 6) is 1.57. The minimum Gasteiger partial charge on any atom is -0.443 e. The second kappa shape index (κ2) is 5.26. The fraction of sp³-hybridized carbons (Fsp3) is 0.562. The Morgan fingerprint density at radius 3 is 2.77 bits per heavy atom. The van der Waals surface area contributed by atoms with Crippen molar-refractivity contribution in [3.05, 3.63) is 18.5 Å². The zero-order chi connectivity index (χ0) is 15.9. The maximum absolute atomic E-state index is 12.3. The van der Waals surface area contributed by atoms with Crippen LogP contribution in [0.2, 0.25) is 0 Å². The summed E-state index contributed by atoms with van der Waals surface area (Å²) in [6.45, 7) is 9.76. The van der Waals surface area contributed by atoms with Crippen molar-refractivity contribution in [2.75, 3.05) is 18.0 Å². The standard InChI is InChI=1S/C16H22N4O2/c1-11-7-8-19(9-11)13-6-5-12-14(18-13)20(10-17-12)15(21)22-16(2,3)4/h5-6,10-11H,7-9H2,1-4H3. The SMILES string of the molecule is CC1CCN(c2ccc3ncn(C(=O)OC(C)(C)C)c3n2)C1.